The predicted octanol–water partition coefficient (Wildman–Crippen LogP) is 5.85. The van der Waals surface area contributed by atoms with E-state index in [9.17, 15) is 9.59 Å². The normalized spacial score (nSPS) is 10.9. The van der Waals surface area contributed by atoms with E-state index in [0.717, 1.165) is 21.5 Å². The summed E-state index contributed by atoms with van der Waals surface area (Å²) in [4.78, 5) is 30.7. The van der Waals surface area contributed by atoms with E-state index in [1.165, 1.54) is 12.4 Å². The number of aromatic nitrogens is 1. The molecule has 0 saturated carbocycles. The monoisotopic (exact) mass is 387 g/mol. The van der Waals surface area contributed by atoms with Gasteiger partial charge < -0.3 is 0 Å². The molecule has 0 saturated heterocycles. The number of carbonyl (C=O) groups excluding carboxylic acids is 2. The summed E-state index contributed by atoms with van der Waals surface area (Å²) in [5.41, 5.74) is 2.00. The van der Waals surface area contributed by atoms with Crippen molar-refractivity contribution in [3.63, 3.8) is 0 Å². The van der Waals surface area contributed by atoms with Gasteiger partial charge in [-0.1, -0.05) is 84.9 Å². The molecule has 1 heterocycles. The van der Waals surface area contributed by atoms with Gasteiger partial charge in [-0.25, -0.2) is 0 Å². The summed E-state index contributed by atoms with van der Waals surface area (Å²) in [6.45, 7) is 0. The number of hydrogen-bond donors (Lipinski definition) is 0. The summed E-state index contributed by atoms with van der Waals surface area (Å²) in [7, 11) is 0. The summed E-state index contributed by atoms with van der Waals surface area (Å²) in [5.74, 6) is -0.293. The number of pyridine rings is 1. The standard InChI is InChI=1S/C27H17NO2/c29-26(24-13-5-9-18-7-1-3-11-22(18)24)20-15-21(17-28-16-20)27(30)25-14-6-10-19-8-2-4-12-23(19)25/h1-17H. The Morgan fingerprint density at radius 3 is 1.47 bits per heavy atom. The molecule has 4 aromatic carbocycles. The molecule has 1 aromatic heterocycles. The third-order valence-corrected chi connectivity index (χ3v) is 5.33. The van der Waals surface area contributed by atoms with Crippen LogP contribution in [0.3, 0.4) is 0 Å². The number of ketones is 2. The van der Waals surface area contributed by atoms with Crippen molar-refractivity contribution >= 4 is 33.1 Å². The first-order valence-corrected chi connectivity index (χ1v) is 9.72. The molecule has 0 bridgehead atoms. The Morgan fingerprint density at radius 2 is 0.967 bits per heavy atom. The average Bonchev–Trinajstić information content (AvgIpc) is 2.82. The van der Waals surface area contributed by atoms with Gasteiger partial charge in [0, 0.05) is 34.6 Å². The largest absolute Gasteiger partial charge is 0.289 e. The molecular formula is C27H17NO2. The lowest BCUT2D eigenvalue weighted by Crippen LogP contribution is -2.07. The van der Waals surface area contributed by atoms with Crippen LogP contribution in [0.1, 0.15) is 31.8 Å². The van der Waals surface area contributed by atoms with Crippen LogP contribution < -0.4 is 0 Å². The lowest BCUT2D eigenvalue weighted by Gasteiger charge is -2.08. The van der Waals surface area contributed by atoms with Crippen molar-refractivity contribution in [2.75, 3.05) is 0 Å². The molecule has 142 valence electrons. The molecule has 0 unspecified atom stereocenters. The van der Waals surface area contributed by atoms with Crippen LogP contribution >= 0.6 is 0 Å². The van der Waals surface area contributed by atoms with Gasteiger partial charge in [-0.05, 0) is 27.6 Å². The minimum absolute atomic E-state index is 0.146. The zero-order valence-corrected chi connectivity index (χ0v) is 16.1. The zero-order valence-electron chi connectivity index (χ0n) is 16.1. The molecule has 0 radical (unpaired) electrons. The van der Waals surface area contributed by atoms with Gasteiger partial charge in [-0.15, -0.1) is 0 Å². The highest BCUT2D eigenvalue weighted by Crippen LogP contribution is 2.24. The number of fused-ring (bicyclic) bond motifs is 2. The molecule has 0 aliphatic rings. The summed E-state index contributed by atoms with van der Waals surface area (Å²) in [6, 6.07) is 28.5. The van der Waals surface area contributed by atoms with Crippen LogP contribution in [0.25, 0.3) is 21.5 Å². The van der Waals surface area contributed by atoms with Crippen LogP contribution in [-0.4, -0.2) is 16.6 Å². The first-order chi connectivity index (χ1) is 14.7. The van der Waals surface area contributed by atoms with E-state index >= 15 is 0 Å². The number of rotatable bonds is 4. The Hall–Kier alpha value is -4.11. The molecule has 3 nitrogen and oxygen atoms in total. The maximum atomic E-state index is 13.2. The van der Waals surface area contributed by atoms with Crippen molar-refractivity contribution in [1.29, 1.82) is 0 Å². The van der Waals surface area contributed by atoms with Gasteiger partial charge in [0.1, 0.15) is 0 Å². The Kier molecular flexibility index (Phi) is 4.41. The number of nitrogens with zero attached hydrogens (tertiary/aromatic N) is 1. The SMILES string of the molecule is O=C(c1cncc(C(=O)c2cccc3ccccc23)c1)c1cccc2ccccc12. The van der Waals surface area contributed by atoms with Gasteiger partial charge >= 0.3 is 0 Å². The molecule has 0 N–H and O–H groups in total. The van der Waals surface area contributed by atoms with Gasteiger partial charge in [0.2, 0.25) is 0 Å². The predicted molar refractivity (Wildman–Crippen MR) is 119 cm³/mol. The Bertz CT molecular complexity index is 1320. The Labute approximate surface area is 173 Å². The molecule has 30 heavy (non-hydrogen) atoms. The maximum absolute atomic E-state index is 13.2. The van der Waals surface area contributed by atoms with Gasteiger partial charge in [-0.3, -0.25) is 14.6 Å². The van der Waals surface area contributed by atoms with Gasteiger partial charge in [-0.2, -0.15) is 0 Å². The van der Waals surface area contributed by atoms with Crippen LogP contribution in [-0.2, 0) is 0 Å². The third kappa shape index (κ3) is 3.07. The molecular weight excluding hydrogens is 370 g/mol. The second-order valence-corrected chi connectivity index (χ2v) is 7.17. The van der Waals surface area contributed by atoms with Gasteiger partial charge in [0.25, 0.3) is 0 Å². The maximum Gasteiger partial charge on any atom is 0.195 e. The smallest absolute Gasteiger partial charge is 0.195 e. The lowest BCUT2D eigenvalue weighted by molar-refractivity contribution is 0.103. The minimum atomic E-state index is -0.146. The van der Waals surface area contributed by atoms with Crippen molar-refractivity contribution in [3.8, 4) is 0 Å². The van der Waals surface area contributed by atoms with Crippen molar-refractivity contribution in [2.45, 2.75) is 0 Å². The van der Waals surface area contributed by atoms with Gasteiger partial charge in [0.05, 0.1) is 0 Å². The van der Waals surface area contributed by atoms with Crippen molar-refractivity contribution in [2.24, 2.45) is 0 Å². The summed E-state index contributed by atoms with van der Waals surface area (Å²) < 4.78 is 0. The first kappa shape index (κ1) is 18.0. The number of hydrogen-bond acceptors (Lipinski definition) is 3. The molecule has 0 aliphatic heterocycles. The topological polar surface area (TPSA) is 47.0 Å². The van der Waals surface area contributed by atoms with Crippen molar-refractivity contribution in [1.82, 2.24) is 4.98 Å². The second kappa shape index (κ2) is 7.37. The van der Waals surface area contributed by atoms with E-state index in [1.807, 2.05) is 84.9 Å². The highest BCUT2D eigenvalue weighted by atomic mass is 16.1. The van der Waals surface area contributed by atoms with E-state index < -0.39 is 0 Å². The molecule has 0 spiro atoms. The second-order valence-electron chi connectivity index (χ2n) is 7.17. The number of benzene rings is 4. The quantitative estimate of drug-likeness (QED) is 0.363. The molecule has 5 rings (SSSR count). The van der Waals surface area contributed by atoms with Crippen LogP contribution in [0, 0.1) is 0 Å². The molecule has 0 amide bonds. The highest BCUT2D eigenvalue weighted by molar-refractivity contribution is 6.19. The van der Waals surface area contributed by atoms with Crippen LogP contribution in [0.15, 0.2) is 103 Å². The molecule has 0 aliphatic carbocycles. The van der Waals surface area contributed by atoms with E-state index in [-0.39, 0.29) is 11.6 Å². The Balaban J connectivity index is 1.57. The van der Waals surface area contributed by atoms with Crippen LogP contribution in [0.4, 0.5) is 0 Å². The Morgan fingerprint density at radius 1 is 0.533 bits per heavy atom. The molecule has 3 heteroatoms. The minimum Gasteiger partial charge on any atom is -0.289 e. The highest BCUT2D eigenvalue weighted by Gasteiger charge is 2.17. The van der Waals surface area contributed by atoms with E-state index in [0.29, 0.717) is 22.3 Å². The van der Waals surface area contributed by atoms with Gasteiger partial charge in [0.15, 0.2) is 11.6 Å². The van der Waals surface area contributed by atoms with E-state index in [1.54, 1.807) is 6.07 Å². The fraction of sp³-hybridized carbons (Fsp3) is 0. The van der Waals surface area contributed by atoms with E-state index in [2.05, 4.69) is 4.98 Å². The third-order valence-electron chi connectivity index (χ3n) is 5.33. The zero-order chi connectivity index (χ0) is 20.5. The van der Waals surface area contributed by atoms with Crippen molar-refractivity contribution < 1.29 is 9.59 Å². The summed E-state index contributed by atoms with van der Waals surface area (Å²) in [5, 5.41) is 3.77. The van der Waals surface area contributed by atoms with E-state index in [4.69, 9.17) is 0 Å². The molecule has 0 fully saturated rings. The summed E-state index contributed by atoms with van der Waals surface area (Å²) in [6.07, 6.45) is 3.04. The lowest BCUT2D eigenvalue weighted by atomic mass is 9.95. The average molecular weight is 387 g/mol. The summed E-state index contributed by atoms with van der Waals surface area (Å²) >= 11 is 0. The number of carbonyl (C=O) groups is 2. The molecule has 0 atom stereocenters. The van der Waals surface area contributed by atoms with Crippen LogP contribution in [0.5, 0.6) is 0 Å². The first-order valence-electron chi connectivity index (χ1n) is 9.72. The van der Waals surface area contributed by atoms with Crippen LogP contribution in [0.2, 0.25) is 0 Å². The van der Waals surface area contributed by atoms with Crippen molar-refractivity contribution in [3.05, 3.63) is 126 Å². The fourth-order valence-corrected chi connectivity index (χ4v) is 3.85. The molecule has 5 aromatic rings. The fourth-order valence-electron chi connectivity index (χ4n) is 3.85.